The Morgan fingerprint density at radius 3 is 2.62 bits per heavy atom. The smallest absolute Gasteiger partial charge is 0.128 e. The van der Waals surface area contributed by atoms with E-state index >= 15 is 0 Å². The number of benzene rings is 1. The van der Waals surface area contributed by atoms with Crippen molar-refractivity contribution in [2.75, 3.05) is 26.2 Å². The van der Waals surface area contributed by atoms with E-state index < -0.39 is 0 Å². The van der Waals surface area contributed by atoms with Gasteiger partial charge in [-0.05, 0) is 30.7 Å². The van der Waals surface area contributed by atoms with E-state index in [0.717, 1.165) is 37.5 Å². The summed E-state index contributed by atoms with van der Waals surface area (Å²) in [7, 11) is 0. The van der Waals surface area contributed by atoms with Crippen LogP contribution in [0, 0.1) is 12.7 Å². The fraction of sp³-hybridized carbons (Fsp3) is 0.375. The van der Waals surface area contributed by atoms with Crippen LogP contribution in [0.5, 0.6) is 0 Å². The summed E-state index contributed by atoms with van der Waals surface area (Å²) in [6.45, 7) is 5.52. The molecule has 1 aromatic carbocycles. The largest absolute Gasteiger partial charge is 0.467 e. The molecule has 2 aromatic rings. The Balaban J connectivity index is 0.00000161. The average Bonchev–Trinajstić information content (AvgIpc) is 2.97. The van der Waals surface area contributed by atoms with Crippen LogP contribution in [0.25, 0.3) is 0 Å². The lowest BCUT2D eigenvalue weighted by Gasteiger charge is -2.34. The number of aryl methyl sites for hydroxylation is 1. The van der Waals surface area contributed by atoms with Crippen LogP contribution in [0.2, 0.25) is 0 Å². The SMILES string of the molecule is Cc1ccc([C@H](c2ccco2)N2CCNCC2)c(F)c1.Cl. The van der Waals surface area contributed by atoms with E-state index in [1.54, 1.807) is 12.3 Å². The van der Waals surface area contributed by atoms with E-state index in [-0.39, 0.29) is 24.3 Å². The Hall–Kier alpha value is -1.36. The minimum atomic E-state index is -0.162. The minimum Gasteiger partial charge on any atom is -0.467 e. The highest BCUT2D eigenvalue weighted by Gasteiger charge is 2.28. The molecule has 0 bridgehead atoms. The summed E-state index contributed by atoms with van der Waals surface area (Å²) >= 11 is 0. The second kappa shape index (κ2) is 7.07. The van der Waals surface area contributed by atoms with E-state index in [2.05, 4.69) is 10.2 Å². The Kier molecular flexibility index (Phi) is 5.39. The molecule has 0 saturated carbocycles. The molecule has 3 rings (SSSR count). The molecule has 1 aliphatic heterocycles. The van der Waals surface area contributed by atoms with Gasteiger partial charge in [0.2, 0.25) is 0 Å². The van der Waals surface area contributed by atoms with Crippen molar-refractivity contribution in [1.29, 1.82) is 0 Å². The lowest BCUT2D eigenvalue weighted by Crippen LogP contribution is -2.45. The van der Waals surface area contributed by atoms with Crippen LogP contribution in [0.4, 0.5) is 4.39 Å². The van der Waals surface area contributed by atoms with Crippen LogP contribution in [0.1, 0.15) is 22.9 Å². The first-order valence-corrected chi connectivity index (χ1v) is 7.00. The number of piperazine rings is 1. The van der Waals surface area contributed by atoms with Gasteiger partial charge in [-0.2, -0.15) is 0 Å². The fourth-order valence-electron chi connectivity index (χ4n) is 2.77. The Morgan fingerprint density at radius 1 is 1.24 bits per heavy atom. The molecule has 1 saturated heterocycles. The molecule has 21 heavy (non-hydrogen) atoms. The minimum absolute atomic E-state index is 0. The molecule has 1 fully saturated rings. The van der Waals surface area contributed by atoms with Crippen LogP contribution < -0.4 is 5.32 Å². The Bertz CT molecular complexity index is 568. The molecule has 1 aliphatic rings. The zero-order chi connectivity index (χ0) is 13.9. The normalized spacial score (nSPS) is 17.2. The highest BCUT2D eigenvalue weighted by Crippen LogP contribution is 2.31. The van der Waals surface area contributed by atoms with Crippen LogP contribution in [0.3, 0.4) is 0 Å². The maximum atomic E-state index is 14.4. The van der Waals surface area contributed by atoms with E-state index in [1.165, 1.54) is 0 Å². The van der Waals surface area contributed by atoms with E-state index in [1.807, 2.05) is 31.2 Å². The second-order valence-electron chi connectivity index (χ2n) is 5.23. The maximum Gasteiger partial charge on any atom is 0.128 e. The first-order valence-electron chi connectivity index (χ1n) is 7.00. The summed E-state index contributed by atoms with van der Waals surface area (Å²) in [4.78, 5) is 2.27. The highest BCUT2D eigenvalue weighted by atomic mass is 35.5. The number of furan rings is 1. The van der Waals surface area contributed by atoms with Gasteiger partial charge >= 0.3 is 0 Å². The molecule has 1 aromatic heterocycles. The summed E-state index contributed by atoms with van der Waals surface area (Å²) < 4.78 is 19.9. The van der Waals surface area contributed by atoms with Crippen molar-refractivity contribution < 1.29 is 8.81 Å². The van der Waals surface area contributed by atoms with Gasteiger partial charge in [-0.15, -0.1) is 12.4 Å². The maximum absolute atomic E-state index is 14.4. The van der Waals surface area contributed by atoms with Gasteiger partial charge in [0.25, 0.3) is 0 Å². The molecule has 0 unspecified atom stereocenters. The van der Waals surface area contributed by atoms with Gasteiger partial charge in [-0.3, -0.25) is 4.90 Å². The van der Waals surface area contributed by atoms with Crippen LogP contribution in [-0.4, -0.2) is 31.1 Å². The molecule has 0 spiro atoms. The van der Waals surface area contributed by atoms with Crippen LogP contribution in [0.15, 0.2) is 41.0 Å². The molecule has 114 valence electrons. The zero-order valence-corrected chi connectivity index (χ0v) is 12.8. The van der Waals surface area contributed by atoms with Crippen molar-refractivity contribution in [1.82, 2.24) is 10.2 Å². The zero-order valence-electron chi connectivity index (χ0n) is 12.0. The average molecular weight is 311 g/mol. The lowest BCUT2D eigenvalue weighted by molar-refractivity contribution is 0.177. The van der Waals surface area contributed by atoms with E-state index in [4.69, 9.17) is 4.42 Å². The van der Waals surface area contributed by atoms with Crippen molar-refractivity contribution in [3.8, 4) is 0 Å². The van der Waals surface area contributed by atoms with E-state index in [9.17, 15) is 4.39 Å². The van der Waals surface area contributed by atoms with Gasteiger partial charge in [0, 0.05) is 31.7 Å². The Labute approximate surface area is 130 Å². The summed E-state index contributed by atoms with van der Waals surface area (Å²) in [6.07, 6.45) is 1.65. The number of nitrogens with zero attached hydrogens (tertiary/aromatic N) is 1. The van der Waals surface area contributed by atoms with Crippen molar-refractivity contribution in [3.63, 3.8) is 0 Å². The second-order valence-corrected chi connectivity index (χ2v) is 5.23. The summed E-state index contributed by atoms with van der Waals surface area (Å²) in [5, 5.41) is 3.32. The fourth-order valence-corrected chi connectivity index (χ4v) is 2.77. The molecule has 3 nitrogen and oxygen atoms in total. The molecule has 0 aliphatic carbocycles. The van der Waals surface area contributed by atoms with Crippen molar-refractivity contribution in [2.24, 2.45) is 0 Å². The number of hydrogen-bond donors (Lipinski definition) is 1. The molecule has 5 heteroatoms. The first-order chi connectivity index (χ1) is 9.75. The molecular weight excluding hydrogens is 291 g/mol. The Morgan fingerprint density at radius 2 is 2.00 bits per heavy atom. The first kappa shape index (κ1) is 16.0. The summed E-state index contributed by atoms with van der Waals surface area (Å²) in [5.74, 6) is 0.639. The molecule has 2 heterocycles. The number of hydrogen-bond acceptors (Lipinski definition) is 3. The monoisotopic (exact) mass is 310 g/mol. The van der Waals surface area contributed by atoms with Gasteiger partial charge in [-0.25, -0.2) is 4.39 Å². The van der Waals surface area contributed by atoms with Gasteiger partial charge in [0.1, 0.15) is 11.6 Å². The molecule has 0 radical (unpaired) electrons. The standard InChI is InChI=1S/C16H19FN2O.ClH/c1-12-4-5-13(14(17)11-12)16(15-3-2-10-20-15)19-8-6-18-7-9-19;/h2-5,10-11,16,18H,6-9H2,1H3;1H/t16-;/m1./s1. The molecule has 0 amide bonds. The third kappa shape index (κ3) is 3.46. The molecule has 1 N–H and O–H groups in total. The van der Waals surface area contributed by atoms with Gasteiger partial charge in [0.15, 0.2) is 0 Å². The predicted molar refractivity (Wildman–Crippen MR) is 83.4 cm³/mol. The van der Waals surface area contributed by atoms with Gasteiger partial charge < -0.3 is 9.73 Å². The number of rotatable bonds is 3. The molecule has 1 atom stereocenters. The van der Waals surface area contributed by atoms with Gasteiger partial charge in [0.05, 0.1) is 12.3 Å². The number of nitrogens with one attached hydrogen (secondary N) is 1. The lowest BCUT2D eigenvalue weighted by atomic mass is 10.00. The van der Waals surface area contributed by atoms with Crippen LogP contribution >= 0.6 is 12.4 Å². The number of halogens is 2. The molecular formula is C16H20ClFN2O. The van der Waals surface area contributed by atoms with E-state index in [0.29, 0.717) is 5.56 Å². The van der Waals surface area contributed by atoms with Crippen molar-refractivity contribution >= 4 is 12.4 Å². The van der Waals surface area contributed by atoms with Crippen molar-refractivity contribution in [2.45, 2.75) is 13.0 Å². The van der Waals surface area contributed by atoms with Crippen LogP contribution in [-0.2, 0) is 0 Å². The summed E-state index contributed by atoms with van der Waals surface area (Å²) in [6, 6.07) is 9.06. The third-order valence-electron chi connectivity index (χ3n) is 3.78. The quantitative estimate of drug-likeness (QED) is 0.944. The highest BCUT2D eigenvalue weighted by molar-refractivity contribution is 5.85. The third-order valence-corrected chi connectivity index (χ3v) is 3.78. The van der Waals surface area contributed by atoms with Gasteiger partial charge in [-0.1, -0.05) is 12.1 Å². The van der Waals surface area contributed by atoms with Crippen molar-refractivity contribution in [3.05, 3.63) is 59.3 Å². The summed E-state index contributed by atoms with van der Waals surface area (Å²) in [5.41, 5.74) is 1.62. The predicted octanol–water partition coefficient (Wildman–Crippen LogP) is 3.14. The topological polar surface area (TPSA) is 28.4 Å².